The Morgan fingerprint density at radius 2 is 1.50 bits per heavy atom. The summed E-state index contributed by atoms with van der Waals surface area (Å²) in [6.07, 6.45) is 0. The van der Waals surface area contributed by atoms with Gasteiger partial charge in [0.15, 0.2) is 0 Å². The summed E-state index contributed by atoms with van der Waals surface area (Å²) in [5, 5.41) is 1.09. The lowest BCUT2D eigenvalue weighted by molar-refractivity contribution is -0.145. The molecule has 0 unspecified atom stereocenters. The van der Waals surface area contributed by atoms with Crippen molar-refractivity contribution in [3.05, 3.63) is 107 Å². The highest BCUT2D eigenvalue weighted by molar-refractivity contribution is 5.93. The first kappa shape index (κ1) is 18.1. The van der Waals surface area contributed by atoms with Crippen LogP contribution in [-0.4, -0.2) is 10.5 Å². The number of fused-ring (bicyclic) bond motifs is 1. The molecule has 0 aliphatic carbocycles. The Bertz CT molecular complexity index is 1100. The largest absolute Gasteiger partial charge is 0.460 e. The average Bonchev–Trinajstić information content (AvgIpc) is 2.99. The van der Waals surface area contributed by atoms with Crippen LogP contribution in [0.2, 0.25) is 0 Å². The van der Waals surface area contributed by atoms with Crippen LogP contribution >= 0.6 is 0 Å². The Morgan fingerprint density at radius 1 is 0.893 bits per heavy atom. The van der Waals surface area contributed by atoms with Gasteiger partial charge in [-0.05, 0) is 29.7 Å². The molecule has 4 aromatic rings. The summed E-state index contributed by atoms with van der Waals surface area (Å²) in [7, 11) is 2.04. The van der Waals surface area contributed by atoms with Gasteiger partial charge in [-0.3, -0.25) is 4.79 Å². The Hall–Kier alpha value is -3.33. The lowest BCUT2D eigenvalue weighted by Crippen LogP contribution is -2.18. The molecular weight excluding hydrogens is 346 g/mol. The van der Waals surface area contributed by atoms with Crippen molar-refractivity contribution in [2.45, 2.75) is 19.4 Å². The van der Waals surface area contributed by atoms with Gasteiger partial charge in [0.25, 0.3) is 0 Å². The topological polar surface area (TPSA) is 31.2 Å². The maximum absolute atomic E-state index is 13.3. The summed E-state index contributed by atoms with van der Waals surface area (Å²) in [5.74, 6) is -0.689. The highest BCUT2D eigenvalue weighted by Crippen LogP contribution is 2.36. The van der Waals surface area contributed by atoms with Gasteiger partial charge in [0.2, 0.25) is 0 Å². The van der Waals surface area contributed by atoms with Crippen molar-refractivity contribution in [3.8, 4) is 0 Å². The van der Waals surface area contributed by atoms with Gasteiger partial charge in [0.1, 0.15) is 12.5 Å². The first-order valence-corrected chi connectivity index (χ1v) is 9.46. The van der Waals surface area contributed by atoms with Crippen LogP contribution in [0, 0.1) is 6.92 Å². The molecule has 0 saturated heterocycles. The number of ether oxygens (including phenoxy) is 1. The van der Waals surface area contributed by atoms with E-state index in [1.165, 1.54) is 0 Å². The quantitative estimate of drug-likeness (QED) is 0.443. The third-order valence-corrected chi connectivity index (χ3v) is 5.33. The van der Waals surface area contributed by atoms with Crippen LogP contribution in [0.25, 0.3) is 10.9 Å². The minimum absolute atomic E-state index is 0.227. The van der Waals surface area contributed by atoms with Gasteiger partial charge in [0, 0.05) is 23.6 Å². The number of aryl methyl sites for hydroxylation is 1. The number of benzene rings is 3. The number of para-hydroxylation sites is 1. The van der Waals surface area contributed by atoms with E-state index >= 15 is 0 Å². The van der Waals surface area contributed by atoms with Crippen LogP contribution in [0.5, 0.6) is 0 Å². The van der Waals surface area contributed by atoms with E-state index in [0.717, 1.165) is 33.3 Å². The Labute approximate surface area is 165 Å². The molecule has 4 rings (SSSR count). The van der Waals surface area contributed by atoms with Crippen LogP contribution in [-0.2, 0) is 23.2 Å². The van der Waals surface area contributed by atoms with Gasteiger partial charge in [0.05, 0.1) is 0 Å². The lowest BCUT2D eigenvalue weighted by atomic mass is 9.89. The summed E-state index contributed by atoms with van der Waals surface area (Å²) in [6.45, 7) is 2.34. The molecule has 0 spiro atoms. The van der Waals surface area contributed by atoms with Crippen molar-refractivity contribution in [1.82, 2.24) is 4.57 Å². The summed E-state index contributed by atoms with van der Waals surface area (Å²) in [6, 6.07) is 27.9. The Kier molecular flexibility index (Phi) is 4.98. The van der Waals surface area contributed by atoms with Crippen LogP contribution in [0.1, 0.15) is 28.3 Å². The van der Waals surface area contributed by atoms with Gasteiger partial charge in [-0.25, -0.2) is 0 Å². The van der Waals surface area contributed by atoms with Crippen LogP contribution < -0.4 is 0 Å². The number of aromatic nitrogens is 1. The molecule has 3 nitrogen and oxygen atoms in total. The van der Waals surface area contributed by atoms with Crippen molar-refractivity contribution >= 4 is 16.9 Å². The molecule has 0 saturated carbocycles. The van der Waals surface area contributed by atoms with E-state index in [0.29, 0.717) is 0 Å². The molecule has 1 aromatic heterocycles. The van der Waals surface area contributed by atoms with Crippen molar-refractivity contribution in [1.29, 1.82) is 0 Å². The SMILES string of the molecule is Cc1c([C@H](C(=O)OCc2ccccc2)c2ccccc2)c2ccccc2n1C. The zero-order valence-corrected chi connectivity index (χ0v) is 16.1. The van der Waals surface area contributed by atoms with Crippen molar-refractivity contribution in [2.75, 3.05) is 0 Å². The Balaban J connectivity index is 1.77. The second-order valence-electron chi connectivity index (χ2n) is 7.01. The monoisotopic (exact) mass is 369 g/mol. The number of hydrogen-bond acceptors (Lipinski definition) is 2. The zero-order chi connectivity index (χ0) is 19.5. The van der Waals surface area contributed by atoms with E-state index in [9.17, 15) is 4.79 Å². The fraction of sp³-hybridized carbons (Fsp3) is 0.160. The van der Waals surface area contributed by atoms with E-state index < -0.39 is 5.92 Å². The zero-order valence-electron chi connectivity index (χ0n) is 16.1. The molecule has 1 atom stereocenters. The predicted molar refractivity (Wildman–Crippen MR) is 112 cm³/mol. The molecule has 0 aliphatic rings. The third-order valence-electron chi connectivity index (χ3n) is 5.33. The smallest absolute Gasteiger partial charge is 0.318 e. The molecule has 0 radical (unpaired) electrons. The maximum atomic E-state index is 13.3. The van der Waals surface area contributed by atoms with Gasteiger partial charge in [-0.1, -0.05) is 78.9 Å². The highest BCUT2D eigenvalue weighted by atomic mass is 16.5. The van der Waals surface area contributed by atoms with E-state index in [-0.39, 0.29) is 12.6 Å². The standard InChI is InChI=1S/C25H23NO2/c1-18-23(21-15-9-10-16-22(21)26(18)2)24(20-13-7-4-8-14-20)25(27)28-17-19-11-5-3-6-12-19/h3-16,24H,17H2,1-2H3/t24-/m1/s1. The average molecular weight is 369 g/mol. The fourth-order valence-corrected chi connectivity index (χ4v) is 3.79. The molecule has 0 aliphatic heterocycles. The first-order chi connectivity index (χ1) is 13.7. The van der Waals surface area contributed by atoms with Crippen LogP contribution in [0.3, 0.4) is 0 Å². The molecule has 3 heteroatoms. The second kappa shape index (κ2) is 7.73. The molecule has 0 N–H and O–H groups in total. The number of esters is 1. The molecular formula is C25H23NO2. The van der Waals surface area contributed by atoms with Crippen molar-refractivity contribution in [2.24, 2.45) is 7.05 Å². The van der Waals surface area contributed by atoms with Crippen LogP contribution in [0.15, 0.2) is 84.9 Å². The molecule has 0 fully saturated rings. The number of rotatable bonds is 5. The highest BCUT2D eigenvalue weighted by Gasteiger charge is 2.29. The first-order valence-electron chi connectivity index (χ1n) is 9.46. The molecule has 3 aromatic carbocycles. The van der Waals surface area contributed by atoms with Gasteiger partial charge in [-0.15, -0.1) is 0 Å². The number of carbonyl (C=O) groups excluding carboxylic acids is 1. The van der Waals surface area contributed by atoms with Crippen molar-refractivity contribution in [3.63, 3.8) is 0 Å². The molecule has 140 valence electrons. The van der Waals surface area contributed by atoms with E-state index in [4.69, 9.17) is 4.74 Å². The Morgan fingerprint density at radius 3 is 2.21 bits per heavy atom. The maximum Gasteiger partial charge on any atom is 0.318 e. The summed E-state index contributed by atoms with van der Waals surface area (Å²) in [4.78, 5) is 13.3. The molecule has 28 heavy (non-hydrogen) atoms. The third kappa shape index (κ3) is 3.31. The number of carbonyl (C=O) groups is 1. The predicted octanol–water partition coefficient (Wildman–Crippen LogP) is 5.36. The fourth-order valence-electron chi connectivity index (χ4n) is 3.79. The van der Waals surface area contributed by atoms with Crippen LogP contribution in [0.4, 0.5) is 0 Å². The number of nitrogens with zero attached hydrogens (tertiary/aromatic N) is 1. The molecule has 1 heterocycles. The van der Waals surface area contributed by atoms with Crippen molar-refractivity contribution < 1.29 is 9.53 Å². The van der Waals surface area contributed by atoms with Gasteiger partial charge in [-0.2, -0.15) is 0 Å². The van der Waals surface area contributed by atoms with Gasteiger partial charge < -0.3 is 9.30 Å². The second-order valence-corrected chi connectivity index (χ2v) is 7.01. The molecule has 0 bridgehead atoms. The van der Waals surface area contributed by atoms with E-state index in [1.807, 2.05) is 79.8 Å². The number of hydrogen-bond donors (Lipinski definition) is 0. The van der Waals surface area contributed by atoms with E-state index in [1.54, 1.807) is 0 Å². The van der Waals surface area contributed by atoms with Gasteiger partial charge >= 0.3 is 5.97 Å². The summed E-state index contributed by atoms with van der Waals surface area (Å²) < 4.78 is 7.91. The summed E-state index contributed by atoms with van der Waals surface area (Å²) in [5.41, 5.74) is 5.14. The minimum Gasteiger partial charge on any atom is -0.460 e. The summed E-state index contributed by atoms with van der Waals surface area (Å²) >= 11 is 0. The lowest BCUT2D eigenvalue weighted by Gasteiger charge is -2.18. The molecule has 0 amide bonds. The minimum atomic E-state index is -0.462. The normalized spacial score (nSPS) is 12.1. The van der Waals surface area contributed by atoms with E-state index in [2.05, 4.69) is 23.6 Å².